The van der Waals surface area contributed by atoms with E-state index in [1.54, 1.807) is 0 Å². The minimum atomic E-state index is -0.519. The van der Waals surface area contributed by atoms with Crippen LogP contribution >= 0.6 is 0 Å². The molecule has 5 nitrogen and oxygen atoms in total. The van der Waals surface area contributed by atoms with Crippen LogP contribution in [0.2, 0.25) is 0 Å². The standard InChI is InChI=1S/C21H24F2N4O/c22-17-5-6-18(23)15(11-17)12-24-20(28)14-4-7-19-16(10-14)13-25-21(26-19)27-8-2-1-3-9-27/h5-6,11,13-14H,1-4,7-10,12H2,(H,24,28)/t14-/m0/s1. The quantitative estimate of drug-likeness (QED) is 0.877. The number of piperidine rings is 1. The minimum Gasteiger partial charge on any atom is -0.352 e. The summed E-state index contributed by atoms with van der Waals surface area (Å²) in [5.74, 6) is -0.584. The number of aromatic nitrogens is 2. The molecule has 28 heavy (non-hydrogen) atoms. The normalized spacial score (nSPS) is 19.2. The third-order valence-electron chi connectivity index (χ3n) is 5.61. The van der Waals surface area contributed by atoms with Gasteiger partial charge in [-0.1, -0.05) is 0 Å². The summed E-state index contributed by atoms with van der Waals surface area (Å²) in [7, 11) is 0. The Kier molecular flexibility index (Phi) is 5.50. The summed E-state index contributed by atoms with van der Waals surface area (Å²) in [6.07, 6.45) is 7.46. The molecule has 148 valence electrons. The molecule has 2 aliphatic rings. The molecule has 4 rings (SSSR count). The SMILES string of the molecule is O=C(NCc1cc(F)ccc1F)[C@H]1CCc2nc(N3CCCCC3)ncc2C1. The van der Waals surface area contributed by atoms with Crippen molar-refractivity contribution in [1.29, 1.82) is 0 Å². The number of halogens is 2. The van der Waals surface area contributed by atoms with Crippen LogP contribution < -0.4 is 10.2 Å². The first-order valence-electron chi connectivity index (χ1n) is 9.91. The molecule has 0 saturated carbocycles. The van der Waals surface area contributed by atoms with E-state index in [4.69, 9.17) is 4.98 Å². The molecule has 1 atom stereocenters. The predicted octanol–water partition coefficient (Wildman–Crippen LogP) is 3.17. The average molecular weight is 386 g/mol. The van der Waals surface area contributed by atoms with E-state index in [2.05, 4.69) is 15.2 Å². The molecule has 2 aromatic rings. The zero-order valence-electron chi connectivity index (χ0n) is 15.8. The number of rotatable bonds is 4. The van der Waals surface area contributed by atoms with Gasteiger partial charge in [0.2, 0.25) is 11.9 Å². The topological polar surface area (TPSA) is 58.1 Å². The summed E-state index contributed by atoms with van der Waals surface area (Å²) in [6.45, 7) is 1.98. The lowest BCUT2D eigenvalue weighted by atomic mass is 9.86. The number of nitrogens with zero attached hydrogens (tertiary/aromatic N) is 3. The van der Waals surface area contributed by atoms with E-state index in [0.29, 0.717) is 12.8 Å². The Balaban J connectivity index is 1.38. The molecule has 0 radical (unpaired) electrons. The number of hydrogen-bond donors (Lipinski definition) is 1. The van der Waals surface area contributed by atoms with Gasteiger partial charge in [0.05, 0.1) is 0 Å². The van der Waals surface area contributed by atoms with Crippen LogP contribution in [-0.2, 0) is 24.2 Å². The van der Waals surface area contributed by atoms with Gasteiger partial charge in [0.1, 0.15) is 11.6 Å². The van der Waals surface area contributed by atoms with Gasteiger partial charge in [-0.15, -0.1) is 0 Å². The summed E-state index contributed by atoms with van der Waals surface area (Å²) in [5, 5.41) is 2.74. The van der Waals surface area contributed by atoms with Crippen molar-refractivity contribution < 1.29 is 13.6 Å². The molecule has 0 unspecified atom stereocenters. The summed E-state index contributed by atoms with van der Waals surface area (Å²) < 4.78 is 27.0. The Hall–Kier alpha value is -2.57. The maximum Gasteiger partial charge on any atom is 0.225 e. The molecule has 0 bridgehead atoms. The van der Waals surface area contributed by atoms with E-state index in [1.807, 2.05) is 6.20 Å². The van der Waals surface area contributed by atoms with Crippen molar-refractivity contribution in [3.8, 4) is 0 Å². The molecule has 1 aliphatic heterocycles. The molecule has 1 amide bonds. The summed E-state index contributed by atoms with van der Waals surface area (Å²) >= 11 is 0. The van der Waals surface area contributed by atoms with Crippen LogP contribution in [0.5, 0.6) is 0 Å². The lowest BCUT2D eigenvalue weighted by molar-refractivity contribution is -0.125. The molecule has 1 N–H and O–H groups in total. The molecule has 1 fully saturated rings. The third kappa shape index (κ3) is 4.13. The Morgan fingerprint density at radius 3 is 2.86 bits per heavy atom. The van der Waals surface area contributed by atoms with Crippen LogP contribution in [-0.4, -0.2) is 29.0 Å². The lowest BCUT2D eigenvalue weighted by Gasteiger charge is -2.28. The van der Waals surface area contributed by atoms with Gasteiger partial charge >= 0.3 is 0 Å². The number of aryl methyl sites for hydroxylation is 1. The van der Waals surface area contributed by atoms with Crippen molar-refractivity contribution in [3.63, 3.8) is 0 Å². The van der Waals surface area contributed by atoms with Crippen molar-refractivity contribution >= 4 is 11.9 Å². The second kappa shape index (κ2) is 8.20. The van der Waals surface area contributed by atoms with Crippen LogP contribution in [0.3, 0.4) is 0 Å². The van der Waals surface area contributed by atoms with Crippen LogP contribution in [0.25, 0.3) is 0 Å². The number of fused-ring (bicyclic) bond motifs is 1. The summed E-state index contributed by atoms with van der Waals surface area (Å²) in [4.78, 5) is 24.0. The van der Waals surface area contributed by atoms with Crippen molar-refractivity contribution in [2.75, 3.05) is 18.0 Å². The van der Waals surface area contributed by atoms with Crippen LogP contribution in [0.15, 0.2) is 24.4 Å². The van der Waals surface area contributed by atoms with Gasteiger partial charge in [0.15, 0.2) is 0 Å². The summed E-state index contributed by atoms with van der Waals surface area (Å²) in [5.41, 5.74) is 2.18. The first kappa shape index (κ1) is 18.8. The highest BCUT2D eigenvalue weighted by Crippen LogP contribution is 2.26. The number of benzene rings is 1. The van der Waals surface area contributed by atoms with Crippen molar-refractivity contribution in [2.45, 2.75) is 45.1 Å². The lowest BCUT2D eigenvalue weighted by Crippen LogP contribution is -2.35. The highest BCUT2D eigenvalue weighted by molar-refractivity contribution is 5.79. The maximum atomic E-state index is 13.7. The van der Waals surface area contributed by atoms with E-state index in [-0.39, 0.29) is 23.9 Å². The second-order valence-electron chi connectivity index (χ2n) is 7.58. The van der Waals surface area contributed by atoms with E-state index in [1.165, 1.54) is 19.3 Å². The number of hydrogen-bond acceptors (Lipinski definition) is 4. The molecule has 1 aromatic carbocycles. The van der Waals surface area contributed by atoms with Gasteiger partial charge in [-0.3, -0.25) is 4.79 Å². The Labute approximate surface area is 163 Å². The predicted molar refractivity (Wildman–Crippen MR) is 102 cm³/mol. The highest BCUT2D eigenvalue weighted by Gasteiger charge is 2.27. The number of carbonyl (C=O) groups excluding carboxylic acids is 1. The molecule has 0 spiro atoms. The fourth-order valence-electron chi connectivity index (χ4n) is 3.97. The number of amides is 1. The van der Waals surface area contributed by atoms with Gasteiger partial charge < -0.3 is 10.2 Å². The van der Waals surface area contributed by atoms with Gasteiger partial charge in [-0.05, 0) is 62.3 Å². The van der Waals surface area contributed by atoms with E-state index >= 15 is 0 Å². The van der Waals surface area contributed by atoms with Gasteiger partial charge in [-0.25, -0.2) is 18.7 Å². The Morgan fingerprint density at radius 1 is 1.21 bits per heavy atom. The highest BCUT2D eigenvalue weighted by atomic mass is 19.1. The number of anilines is 1. The fraction of sp³-hybridized carbons (Fsp3) is 0.476. The van der Waals surface area contributed by atoms with Crippen LogP contribution in [0.4, 0.5) is 14.7 Å². The van der Waals surface area contributed by atoms with Crippen LogP contribution in [0.1, 0.15) is 42.5 Å². The molecule has 1 aromatic heterocycles. The van der Waals surface area contributed by atoms with E-state index in [0.717, 1.165) is 54.9 Å². The number of nitrogens with one attached hydrogen (secondary N) is 1. The fourth-order valence-corrected chi connectivity index (χ4v) is 3.97. The zero-order valence-corrected chi connectivity index (χ0v) is 15.8. The minimum absolute atomic E-state index is 0.0177. The molecular formula is C21H24F2N4O. The number of carbonyl (C=O) groups is 1. The van der Waals surface area contributed by atoms with Gasteiger partial charge in [0.25, 0.3) is 0 Å². The molecule has 2 heterocycles. The van der Waals surface area contributed by atoms with E-state index in [9.17, 15) is 13.6 Å². The van der Waals surface area contributed by atoms with Crippen LogP contribution in [0, 0.1) is 17.6 Å². The monoisotopic (exact) mass is 386 g/mol. The summed E-state index contributed by atoms with van der Waals surface area (Å²) in [6, 6.07) is 3.25. The molecule has 7 heteroatoms. The smallest absolute Gasteiger partial charge is 0.225 e. The third-order valence-corrected chi connectivity index (χ3v) is 5.61. The zero-order chi connectivity index (χ0) is 19.5. The molecule has 1 saturated heterocycles. The first-order valence-corrected chi connectivity index (χ1v) is 9.91. The second-order valence-corrected chi connectivity index (χ2v) is 7.58. The van der Waals surface area contributed by atoms with Gasteiger partial charge in [-0.2, -0.15) is 0 Å². The molecular weight excluding hydrogens is 362 g/mol. The van der Waals surface area contributed by atoms with Gasteiger partial charge in [0, 0.05) is 43.0 Å². The molecule has 1 aliphatic carbocycles. The van der Waals surface area contributed by atoms with Crippen molar-refractivity contribution in [1.82, 2.24) is 15.3 Å². The van der Waals surface area contributed by atoms with E-state index < -0.39 is 11.6 Å². The maximum absolute atomic E-state index is 13.7. The van der Waals surface area contributed by atoms with Crippen molar-refractivity contribution in [3.05, 3.63) is 52.9 Å². The first-order chi connectivity index (χ1) is 13.6. The Morgan fingerprint density at radius 2 is 2.04 bits per heavy atom. The van der Waals surface area contributed by atoms with Crippen molar-refractivity contribution in [2.24, 2.45) is 5.92 Å². The largest absolute Gasteiger partial charge is 0.352 e. The Bertz CT molecular complexity index is 867. The average Bonchev–Trinajstić information content (AvgIpc) is 2.74.